The molecular formula is C26H24F3N3OS. The molecule has 2 aromatic heterocycles. The molecule has 1 amide bonds. The van der Waals surface area contributed by atoms with Crippen molar-refractivity contribution in [2.75, 3.05) is 0 Å². The van der Waals surface area contributed by atoms with E-state index in [1.165, 1.54) is 28.5 Å². The summed E-state index contributed by atoms with van der Waals surface area (Å²) in [5.41, 5.74) is 3.96. The second-order valence-electron chi connectivity index (χ2n) is 8.35. The third-order valence-electron chi connectivity index (χ3n) is 5.57. The Hall–Kier alpha value is -3.39. The Morgan fingerprint density at radius 2 is 1.94 bits per heavy atom. The van der Waals surface area contributed by atoms with Crippen LogP contribution < -0.4 is 5.32 Å². The van der Waals surface area contributed by atoms with Crippen LogP contribution in [-0.2, 0) is 12.7 Å². The summed E-state index contributed by atoms with van der Waals surface area (Å²) in [6, 6.07) is 11.0. The first-order valence-electron chi connectivity index (χ1n) is 10.8. The second-order valence-corrected chi connectivity index (χ2v) is 9.22. The monoisotopic (exact) mass is 483 g/mol. The smallest absolute Gasteiger partial charge is 0.347 e. The molecule has 4 nitrogen and oxygen atoms in total. The summed E-state index contributed by atoms with van der Waals surface area (Å²) >= 11 is 1.40. The maximum atomic E-state index is 13.1. The minimum Gasteiger partial charge on any atom is -0.347 e. The van der Waals surface area contributed by atoms with Gasteiger partial charge in [-0.25, -0.2) is 4.98 Å². The van der Waals surface area contributed by atoms with Gasteiger partial charge < -0.3 is 5.32 Å². The first kappa shape index (κ1) is 23.8. The van der Waals surface area contributed by atoms with E-state index in [4.69, 9.17) is 0 Å². The van der Waals surface area contributed by atoms with Gasteiger partial charge in [0.15, 0.2) is 4.96 Å². The van der Waals surface area contributed by atoms with Gasteiger partial charge in [-0.2, -0.15) is 13.2 Å². The van der Waals surface area contributed by atoms with Crippen LogP contribution in [0.5, 0.6) is 0 Å². The Morgan fingerprint density at radius 3 is 2.68 bits per heavy atom. The summed E-state index contributed by atoms with van der Waals surface area (Å²) in [4.78, 5) is 18.4. The number of carbonyl (C=O) groups is 1. The van der Waals surface area contributed by atoms with Crippen molar-refractivity contribution in [1.82, 2.24) is 14.7 Å². The summed E-state index contributed by atoms with van der Waals surface area (Å²) in [6.45, 7) is 6.32. The molecule has 2 aromatic carbocycles. The first-order chi connectivity index (χ1) is 16.1. The molecule has 0 atom stereocenters. The molecule has 2 heterocycles. The van der Waals surface area contributed by atoms with Crippen molar-refractivity contribution in [3.8, 4) is 0 Å². The highest BCUT2D eigenvalue weighted by molar-refractivity contribution is 7.15. The van der Waals surface area contributed by atoms with Crippen molar-refractivity contribution in [3.05, 3.63) is 93.2 Å². The van der Waals surface area contributed by atoms with Gasteiger partial charge in [-0.1, -0.05) is 50.3 Å². The number of carbonyl (C=O) groups excluding carboxylic acids is 1. The number of thiazole rings is 1. The summed E-state index contributed by atoms with van der Waals surface area (Å²) < 4.78 is 40.7. The first-order valence-corrected chi connectivity index (χ1v) is 11.7. The Morgan fingerprint density at radius 1 is 1.18 bits per heavy atom. The van der Waals surface area contributed by atoms with Gasteiger partial charge in [-0.3, -0.25) is 9.20 Å². The molecule has 0 spiro atoms. The molecule has 4 aromatic rings. The van der Waals surface area contributed by atoms with Crippen molar-refractivity contribution in [3.63, 3.8) is 0 Å². The lowest BCUT2D eigenvalue weighted by molar-refractivity contribution is -0.137. The minimum absolute atomic E-state index is 0.0291. The fourth-order valence-electron chi connectivity index (χ4n) is 4.07. The Balaban J connectivity index is 1.62. The SMILES string of the molecule is Cc1cccc(C=Cc2nc3sccn3c2C(=O)NCc2cccc(C(F)(F)F)c2)c1C(C)C. The molecule has 34 heavy (non-hydrogen) atoms. The minimum atomic E-state index is -4.43. The van der Waals surface area contributed by atoms with Crippen LogP contribution in [0.2, 0.25) is 0 Å². The summed E-state index contributed by atoms with van der Waals surface area (Å²) in [6.07, 6.45) is 1.10. The number of halogens is 3. The number of amides is 1. The molecule has 0 saturated carbocycles. The number of benzene rings is 2. The second kappa shape index (κ2) is 9.46. The normalized spacial score (nSPS) is 12.2. The molecule has 4 rings (SSSR count). The van der Waals surface area contributed by atoms with Gasteiger partial charge in [0.25, 0.3) is 5.91 Å². The van der Waals surface area contributed by atoms with Crippen LogP contribution in [0.3, 0.4) is 0 Å². The van der Waals surface area contributed by atoms with Gasteiger partial charge in [0.1, 0.15) is 5.69 Å². The number of rotatable bonds is 6. The van der Waals surface area contributed by atoms with Gasteiger partial charge in [0.2, 0.25) is 0 Å². The highest BCUT2D eigenvalue weighted by Crippen LogP contribution is 2.30. The Bertz CT molecular complexity index is 1370. The van der Waals surface area contributed by atoms with Gasteiger partial charge >= 0.3 is 6.18 Å². The van der Waals surface area contributed by atoms with E-state index in [1.807, 2.05) is 29.7 Å². The number of hydrogen-bond donors (Lipinski definition) is 1. The number of alkyl halides is 3. The van der Waals surface area contributed by atoms with E-state index in [2.05, 4.69) is 37.1 Å². The number of aromatic nitrogens is 2. The van der Waals surface area contributed by atoms with Gasteiger partial charge in [-0.15, -0.1) is 11.3 Å². The molecule has 0 aliphatic heterocycles. The summed E-state index contributed by atoms with van der Waals surface area (Å²) in [5, 5.41) is 4.57. The van der Waals surface area contributed by atoms with Crippen molar-refractivity contribution < 1.29 is 18.0 Å². The third-order valence-corrected chi connectivity index (χ3v) is 6.32. The maximum absolute atomic E-state index is 13.1. The predicted molar refractivity (Wildman–Crippen MR) is 130 cm³/mol. The van der Waals surface area contributed by atoms with E-state index in [0.717, 1.165) is 17.7 Å². The van der Waals surface area contributed by atoms with E-state index in [0.29, 0.717) is 27.8 Å². The topological polar surface area (TPSA) is 46.4 Å². The maximum Gasteiger partial charge on any atom is 0.416 e. The molecule has 0 aliphatic carbocycles. The highest BCUT2D eigenvalue weighted by Gasteiger charge is 2.30. The number of hydrogen-bond acceptors (Lipinski definition) is 3. The molecule has 176 valence electrons. The van der Waals surface area contributed by atoms with E-state index < -0.39 is 17.6 Å². The van der Waals surface area contributed by atoms with Crippen molar-refractivity contribution >= 4 is 34.4 Å². The lowest BCUT2D eigenvalue weighted by atomic mass is 9.92. The van der Waals surface area contributed by atoms with Crippen LogP contribution in [0.25, 0.3) is 17.1 Å². The van der Waals surface area contributed by atoms with Gasteiger partial charge in [-0.05, 0) is 53.3 Å². The average Bonchev–Trinajstić information content (AvgIpc) is 3.36. The zero-order valence-electron chi connectivity index (χ0n) is 19.0. The van der Waals surface area contributed by atoms with E-state index in [9.17, 15) is 18.0 Å². The van der Waals surface area contributed by atoms with Crippen LogP contribution >= 0.6 is 11.3 Å². The van der Waals surface area contributed by atoms with Crippen molar-refractivity contribution in [2.45, 2.75) is 39.4 Å². The van der Waals surface area contributed by atoms with Crippen LogP contribution in [-0.4, -0.2) is 15.3 Å². The van der Waals surface area contributed by atoms with Gasteiger partial charge in [0, 0.05) is 18.1 Å². The molecule has 0 aliphatic rings. The highest BCUT2D eigenvalue weighted by atomic mass is 32.1. The van der Waals surface area contributed by atoms with E-state index >= 15 is 0 Å². The van der Waals surface area contributed by atoms with Crippen LogP contribution in [0.4, 0.5) is 13.2 Å². The van der Waals surface area contributed by atoms with E-state index in [-0.39, 0.29) is 6.54 Å². The molecule has 0 bridgehead atoms. The number of nitrogens with one attached hydrogen (secondary N) is 1. The molecule has 8 heteroatoms. The summed E-state index contributed by atoms with van der Waals surface area (Å²) in [5.74, 6) is -0.0714. The number of nitrogens with zero attached hydrogens (tertiary/aromatic N) is 2. The largest absolute Gasteiger partial charge is 0.416 e. The number of fused-ring (bicyclic) bond motifs is 1. The van der Waals surface area contributed by atoms with E-state index in [1.54, 1.807) is 16.7 Å². The summed E-state index contributed by atoms with van der Waals surface area (Å²) in [7, 11) is 0. The van der Waals surface area contributed by atoms with Crippen LogP contribution in [0, 0.1) is 6.92 Å². The molecule has 1 N–H and O–H groups in total. The molecule has 0 radical (unpaired) electrons. The lowest BCUT2D eigenvalue weighted by Crippen LogP contribution is -2.25. The molecular weight excluding hydrogens is 459 g/mol. The number of imidazole rings is 1. The predicted octanol–water partition coefficient (Wildman–Crippen LogP) is 6.95. The number of aryl methyl sites for hydroxylation is 1. The zero-order valence-corrected chi connectivity index (χ0v) is 19.8. The lowest BCUT2D eigenvalue weighted by Gasteiger charge is -2.13. The molecule has 0 saturated heterocycles. The average molecular weight is 484 g/mol. The molecule has 0 unspecified atom stereocenters. The zero-order chi connectivity index (χ0) is 24.5. The Kier molecular flexibility index (Phi) is 6.61. The van der Waals surface area contributed by atoms with Crippen LogP contribution in [0.15, 0.2) is 54.0 Å². The third kappa shape index (κ3) is 4.92. The fraction of sp³-hybridized carbons (Fsp3) is 0.231. The Labute approximate surface area is 199 Å². The van der Waals surface area contributed by atoms with Crippen molar-refractivity contribution in [2.24, 2.45) is 0 Å². The quantitative estimate of drug-likeness (QED) is 0.323. The molecule has 0 fully saturated rings. The van der Waals surface area contributed by atoms with Gasteiger partial charge in [0.05, 0.1) is 11.3 Å². The fourth-order valence-corrected chi connectivity index (χ4v) is 4.80. The van der Waals surface area contributed by atoms with Crippen LogP contribution in [0.1, 0.15) is 63.8 Å². The standard InChI is InChI=1S/C26H24F3N3OS/c1-16(2)22-17(3)6-4-8-19(22)10-11-21-23(32-12-13-34-25(32)31-21)24(33)30-15-18-7-5-9-20(14-18)26(27,28)29/h4-14,16H,15H2,1-3H3,(H,30,33). The van der Waals surface area contributed by atoms with Crippen molar-refractivity contribution in [1.29, 1.82) is 0 Å².